The van der Waals surface area contributed by atoms with Crippen molar-refractivity contribution in [1.82, 2.24) is 10.3 Å². The highest BCUT2D eigenvalue weighted by molar-refractivity contribution is 7.14. The summed E-state index contributed by atoms with van der Waals surface area (Å²) in [6.45, 7) is 2.88. The van der Waals surface area contributed by atoms with Crippen LogP contribution in [-0.4, -0.2) is 34.2 Å². The third kappa shape index (κ3) is 3.86. The number of nitrogens with one attached hydrogen (secondary N) is 1. The largest absolute Gasteiger partial charge is 0.389 e. The number of carbonyl (C=O) groups excluding carboxylic acids is 1. The quantitative estimate of drug-likeness (QED) is 0.844. The highest BCUT2D eigenvalue weighted by Gasteiger charge is 2.33. The molecule has 2 saturated carbocycles. The van der Waals surface area contributed by atoms with Gasteiger partial charge in [0.05, 0.1) is 11.3 Å². The molecule has 2 aliphatic rings. The number of anilines is 1. The van der Waals surface area contributed by atoms with Crippen LogP contribution in [0.3, 0.4) is 0 Å². The standard InChI is InChI=1S/C16H25N3O2S/c1-12(20)19(14-5-6-14)15-18-13(10-22-15)9-17-11-16(21)7-3-2-4-8-16/h10,14,17,21H,2-9,11H2,1H3. The van der Waals surface area contributed by atoms with Gasteiger partial charge in [0.25, 0.3) is 0 Å². The molecule has 5 nitrogen and oxygen atoms in total. The predicted octanol–water partition coefficient (Wildman–Crippen LogP) is 2.44. The van der Waals surface area contributed by atoms with Crippen molar-refractivity contribution in [1.29, 1.82) is 0 Å². The van der Waals surface area contributed by atoms with Gasteiger partial charge in [0.1, 0.15) is 0 Å². The van der Waals surface area contributed by atoms with Crippen LogP contribution in [0.2, 0.25) is 0 Å². The van der Waals surface area contributed by atoms with Crippen LogP contribution < -0.4 is 10.2 Å². The fourth-order valence-electron chi connectivity index (χ4n) is 3.18. The average molecular weight is 323 g/mol. The minimum atomic E-state index is -0.545. The summed E-state index contributed by atoms with van der Waals surface area (Å²) in [6, 6.07) is 0.354. The van der Waals surface area contributed by atoms with Gasteiger partial charge in [-0.1, -0.05) is 19.3 Å². The molecule has 0 aromatic carbocycles. The molecule has 122 valence electrons. The molecule has 0 bridgehead atoms. The number of carbonyl (C=O) groups is 1. The maximum absolute atomic E-state index is 11.7. The highest BCUT2D eigenvalue weighted by atomic mass is 32.1. The Labute approximate surface area is 135 Å². The topological polar surface area (TPSA) is 65.5 Å². The van der Waals surface area contributed by atoms with Crippen molar-refractivity contribution >= 4 is 22.4 Å². The van der Waals surface area contributed by atoms with E-state index in [1.165, 1.54) is 17.8 Å². The summed E-state index contributed by atoms with van der Waals surface area (Å²) < 4.78 is 0. The van der Waals surface area contributed by atoms with Gasteiger partial charge in [0.2, 0.25) is 5.91 Å². The second-order valence-corrected chi connectivity index (χ2v) is 7.47. The smallest absolute Gasteiger partial charge is 0.225 e. The van der Waals surface area contributed by atoms with E-state index in [0.29, 0.717) is 19.1 Å². The number of thiazole rings is 1. The van der Waals surface area contributed by atoms with Crippen molar-refractivity contribution in [3.8, 4) is 0 Å². The molecule has 1 heterocycles. The van der Waals surface area contributed by atoms with Crippen LogP contribution in [0.4, 0.5) is 5.13 Å². The first kappa shape index (κ1) is 15.9. The lowest BCUT2D eigenvalue weighted by Crippen LogP contribution is -2.41. The van der Waals surface area contributed by atoms with Crippen LogP contribution >= 0.6 is 11.3 Å². The molecular formula is C16H25N3O2S. The summed E-state index contributed by atoms with van der Waals surface area (Å²) >= 11 is 1.53. The molecule has 6 heteroatoms. The molecule has 1 amide bonds. The zero-order chi connectivity index (χ0) is 15.6. The van der Waals surface area contributed by atoms with Crippen molar-refractivity contribution in [2.75, 3.05) is 11.4 Å². The Morgan fingerprint density at radius 1 is 1.45 bits per heavy atom. The molecule has 1 aromatic rings. The Morgan fingerprint density at radius 2 is 2.18 bits per heavy atom. The lowest BCUT2D eigenvalue weighted by atomic mass is 9.85. The van der Waals surface area contributed by atoms with Gasteiger partial charge in [-0.15, -0.1) is 11.3 Å². The number of aliphatic hydroxyl groups is 1. The van der Waals surface area contributed by atoms with Crippen LogP contribution in [0.1, 0.15) is 57.6 Å². The lowest BCUT2D eigenvalue weighted by molar-refractivity contribution is -0.116. The minimum absolute atomic E-state index is 0.0767. The molecule has 3 rings (SSSR count). The van der Waals surface area contributed by atoms with E-state index in [9.17, 15) is 9.90 Å². The molecule has 1 aromatic heterocycles. The van der Waals surface area contributed by atoms with Crippen molar-refractivity contribution in [3.05, 3.63) is 11.1 Å². The Morgan fingerprint density at radius 3 is 2.82 bits per heavy atom. The van der Waals surface area contributed by atoms with E-state index in [1.54, 1.807) is 6.92 Å². The Bertz CT molecular complexity index is 521. The molecule has 2 N–H and O–H groups in total. The molecule has 2 fully saturated rings. The van der Waals surface area contributed by atoms with E-state index in [4.69, 9.17) is 0 Å². The number of amides is 1. The zero-order valence-electron chi connectivity index (χ0n) is 13.2. The van der Waals surface area contributed by atoms with Gasteiger partial charge in [-0.3, -0.25) is 9.69 Å². The van der Waals surface area contributed by atoms with E-state index >= 15 is 0 Å². The van der Waals surface area contributed by atoms with Gasteiger partial charge in [-0.2, -0.15) is 0 Å². The fourth-order valence-corrected chi connectivity index (χ4v) is 4.12. The normalized spacial score (nSPS) is 20.8. The molecule has 0 radical (unpaired) electrons. The molecular weight excluding hydrogens is 298 g/mol. The Hall–Kier alpha value is -0.980. The Balaban J connectivity index is 1.52. The van der Waals surface area contributed by atoms with Crippen LogP contribution in [-0.2, 0) is 11.3 Å². The maximum atomic E-state index is 11.7. The molecule has 0 atom stereocenters. The third-order valence-corrected chi connectivity index (χ3v) is 5.43. The first-order chi connectivity index (χ1) is 10.6. The molecule has 0 unspecified atom stereocenters. The number of hydrogen-bond acceptors (Lipinski definition) is 5. The highest BCUT2D eigenvalue weighted by Crippen LogP contribution is 2.33. The van der Waals surface area contributed by atoms with E-state index < -0.39 is 5.60 Å². The van der Waals surface area contributed by atoms with Gasteiger partial charge in [0, 0.05) is 31.4 Å². The second kappa shape index (κ2) is 6.64. The predicted molar refractivity (Wildman–Crippen MR) is 88.0 cm³/mol. The van der Waals surface area contributed by atoms with Gasteiger partial charge in [-0.05, 0) is 25.7 Å². The van der Waals surface area contributed by atoms with Crippen molar-refractivity contribution in [2.24, 2.45) is 0 Å². The summed E-state index contributed by atoms with van der Waals surface area (Å²) in [7, 11) is 0. The molecule has 0 spiro atoms. The number of rotatable bonds is 6. The summed E-state index contributed by atoms with van der Waals surface area (Å²) in [6.07, 6.45) is 7.42. The van der Waals surface area contributed by atoms with Gasteiger partial charge >= 0.3 is 0 Å². The molecule has 0 saturated heterocycles. The van der Waals surface area contributed by atoms with Crippen molar-refractivity contribution < 1.29 is 9.90 Å². The maximum Gasteiger partial charge on any atom is 0.225 e. The fraction of sp³-hybridized carbons (Fsp3) is 0.750. The van der Waals surface area contributed by atoms with E-state index in [0.717, 1.165) is 49.4 Å². The first-order valence-corrected chi connectivity index (χ1v) is 9.13. The first-order valence-electron chi connectivity index (χ1n) is 8.25. The summed E-state index contributed by atoms with van der Waals surface area (Å²) in [5, 5.41) is 16.6. The third-order valence-electron chi connectivity index (χ3n) is 4.54. The summed E-state index contributed by atoms with van der Waals surface area (Å²) in [5.41, 5.74) is 0.405. The molecule has 2 aliphatic carbocycles. The SMILES string of the molecule is CC(=O)N(c1nc(CNCC2(O)CCCCC2)cs1)C1CC1. The summed E-state index contributed by atoms with van der Waals surface area (Å²) in [5.74, 6) is 0.0767. The molecule has 22 heavy (non-hydrogen) atoms. The second-order valence-electron chi connectivity index (χ2n) is 6.63. The Kier molecular flexibility index (Phi) is 4.80. The van der Waals surface area contributed by atoms with Crippen LogP contribution in [0.15, 0.2) is 5.38 Å². The monoisotopic (exact) mass is 323 g/mol. The van der Waals surface area contributed by atoms with Gasteiger partial charge in [0.15, 0.2) is 5.13 Å². The average Bonchev–Trinajstić information content (AvgIpc) is 3.19. The zero-order valence-corrected chi connectivity index (χ0v) is 14.0. The van der Waals surface area contributed by atoms with E-state index in [-0.39, 0.29) is 5.91 Å². The number of nitrogens with zero attached hydrogens (tertiary/aromatic N) is 2. The van der Waals surface area contributed by atoms with Crippen molar-refractivity contribution in [3.63, 3.8) is 0 Å². The van der Waals surface area contributed by atoms with Gasteiger partial charge in [-0.25, -0.2) is 4.98 Å². The van der Waals surface area contributed by atoms with E-state index in [2.05, 4.69) is 10.3 Å². The number of hydrogen-bond donors (Lipinski definition) is 2. The van der Waals surface area contributed by atoms with Crippen molar-refractivity contribution in [2.45, 2.75) is 70.1 Å². The summed E-state index contributed by atoms with van der Waals surface area (Å²) in [4.78, 5) is 18.1. The minimum Gasteiger partial charge on any atom is -0.389 e. The van der Waals surface area contributed by atoms with Gasteiger partial charge < -0.3 is 10.4 Å². The lowest BCUT2D eigenvalue weighted by Gasteiger charge is -2.32. The number of aromatic nitrogens is 1. The van der Waals surface area contributed by atoms with Crippen LogP contribution in [0, 0.1) is 0 Å². The van der Waals surface area contributed by atoms with E-state index in [1.807, 2.05) is 10.3 Å². The van der Waals surface area contributed by atoms with Crippen LogP contribution in [0.25, 0.3) is 0 Å². The molecule has 0 aliphatic heterocycles. The van der Waals surface area contributed by atoms with Crippen LogP contribution in [0.5, 0.6) is 0 Å².